The summed E-state index contributed by atoms with van der Waals surface area (Å²) in [5.41, 5.74) is 1.42. The standard InChI is InChI=1S/C15H23NO/c1-12(14-9-10-16-11-14)3-4-13-5-7-15(17-2)8-6-13/h5-8,12,14,16H,3-4,9-11H2,1-2H3. The van der Waals surface area contributed by atoms with E-state index >= 15 is 0 Å². The molecule has 0 bridgehead atoms. The molecule has 1 heterocycles. The first kappa shape index (κ1) is 12.4. The SMILES string of the molecule is COc1ccc(CCC(C)C2CCNC2)cc1. The number of hydrogen-bond donors (Lipinski definition) is 1. The van der Waals surface area contributed by atoms with Crippen molar-refractivity contribution in [3.63, 3.8) is 0 Å². The molecular weight excluding hydrogens is 210 g/mol. The van der Waals surface area contributed by atoms with Crippen molar-refractivity contribution in [1.82, 2.24) is 5.32 Å². The summed E-state index contributed by atoms with van der Waals surface area (Å²) in [7, 11) is 1.71. The molecule has 0 aromatic heterocycles. The van der Waals surface area contributed by atoms with Gasteiger partial charge in [0.15, 0.2) is 0 Å². The van der Waals surface area contributed by atoms with Gasteiger partial charge in [0.2, 0.25) is 0 Å². The predicted molar refractivity (Wildman–Crippen MR) is 71.5 cm³/mol. The topological polar surface area (TPSA) is 21.3 Å². The van der Waals surface area contributed by atoms with Crippen LogP contribution in [-0.2, 0) is 6.42 Å². The van der Waals surface area contributed by atoms with Crippen molar-refractivity contribution >= 4 is 0 Å². The number of rotatable bonds is 5. The first-order chi connectivity index (χ1) is 8.29. The quantitative estimate of drug-likeness (QED) is 0.844. The zero-order valence-electron chi connectivity index (χ0n) is 10.9. The van der Waals surface area contributed by atoms with Gasteiger partial charge in [0.25, 0.3) is 0 Å². The normalized spacial score (nSPS) is 21.4. The number of aryl methyl sites for hydroxylation is 1. The summed E-state index contributed by atoms with van der Waals surface area (Å²) >= 11 is 0. The van der Waals surface area contributed by atoms with E-state index in [1.165, 1.54) is 37.9 Å². The van der Waals surface area contributed by atoms with Crippen LogP contribution >= 0.6 is 0 Å². The van der Waals surface area contributed by atoms with E-state index in [1.807, 2.05) is 0 Å². The molecule has 1 fully saturated rings. The highest BCUT2D eigenvalue weighted by atomic mass is 16.5. The van der Waals surface area contributed by atoms with Crippen molar-refractivity contribution in [3.8, 4) is 5.75 Å². The second kappa shape index (κ2) is 6.06. The number of nitrogens with one attached hydrogen (secondary N) is 1. The van der Waals surface area contributed by atoms with Crippen LogP contribution in [0, 0.1) is 11.8 Å². The van der Waals surface area contributed by atoms with Gasteiger partial charge in [0.05, 0.1) is 7.11 Å². The van der Waals surface area contributed by atoms with Crippen LogP contribution in [0.4, 0.5) is 0 Å². The van der Waals surface area contributed by atoms with Crippen molar-refractivity contribution in [1.29, 1.82) is 0 Å². The molecule has 17 heavy (non-hydrogen) atoms. The van der Waals surface area contributed by atoms with E-state index in [9.17, 15) is 0 Å². The first-order valence-corrected chi connectivity index (χ1v) is 6.63. The first-order valence-electron chi connectivity index (χ1n) is 6.63. The van der Waals surface area contributed by atoms with Crippen LogP contribution < -0.4 is 10.1 Å². The van der Waals surface area contributed by atoms with Gasteiger partial charge >= 0.3 is 0 Å². The molecule has 1 aliphatic rings. The Kier molecular flexibility index (Phi) is 4.43. The Labute approximate surface area is 104 Å². The minimum atomic E-state index is 0.826. The fourth-order valence-electron chi connectivity index (χ4n) is 2.58. The molecule has 1 saturated heterocycles. The Morgan fingerprint density at radius 3 is 2.71 bits per heavy atom. The third-order valence-electron chi connectivity index (χ3n) is 3.95. The van der Waals surface area contributed by atoms with E-state index in [4.69, 9.17) is 4.74 Å². The molecule has 1 aromatic carbocycles. The van der Waals surface area contributed by atoms with Crippen molar-refractivity contribution in [2.24, 2.45) is 11.8 Å². The Morgan fingerprint density at radius 2 is 2.12 bits per heavy atom. The van der Waals surface area contributed by atoms with Crippen molar-refractivity contribution in [2.75, 3.05) is 20.2 Å². The maximum Gasteiger partial charge on any atom is 0.118 e. The third-order valence-corrected chi connectivity index (χ3v) is 3.95. The minimum Gasteiger partial charge on any atom is -0.497 e. The van der Waals surface area contributed by atoms with E-state index < -0.39 is 0 Å². The lowest BCUT2D eigenvalue weighted by Crippen LogP contribution is -2.16. The highest BCUT2D eigenvalue weighted by Gasteiger charge is 2.20. The fourth-order valence-corrected chi connectivity index (χ4v) is 2.58. The lowest BCUT2D eigenvalue weighted by atomic mass is 9.88. The number of ether oxygens (including phenoxy) is 1. The molecule has 0 aliphatic carbocycles. The van der Waals surface area contributed by atoms with Crippen LogP contribution in [0.2, 0.25) is 0 Å². The zero-order chi connectivity index (χ0) is 12.1. The average Bonchev–Trinajstić information content (AvgIpc) is 2.90. The number of benzene rings is 1. The molecule has 94 valence electrons. The van der Waals surface area contributed by atoms with E-state index in [-0.39, 0.29) is 0 Å². The van der Waals surface area contributed by atoms with Gasteiger partial charge in [0.1, 0.15) is 5.75 Å². The van der Waals surface area contributed by atoms with E-state index in [2.05, 4.69) is 36.5 Å². The second-order valence-electron chi connectivity index (χ2n) is 5.12. The van der Waals surface area contributed by atoms with Gasteiger partial charge in [-0.2, -0.15) is 0 Å². The summed E-state index contributed by atoms with van der Waals surface area (Å²) in [4.78, 5) is 0. The molecule has 0 radical (unpaired) electrons. The monoisotopic (exact) mass is 233 g/mol. The average molecular weight is 233 g/mol. The molecule has 1 aliphatic heterocycles. The van der Waals surface area contributed by atoms with Crippen LogP contribution in [0.1, 0.15) is 25.3 Å². The molecule has 1 aromatic rings. The summed E-state index contributed by atoms with van der Waals surface area (Å²) in [6, 6.07) is 8.46. The van der Waals surface area contributed by atoms with Crippen molar-refractivity contribution in [3.05, 3.63) is 29.8 Å². The molecular formula is C15H23NO. The zero-order valence-corrected chi connectivity index (χ0v) is 10.9. The van der Waals surface area contributed by atoms with Gasteiger partial charge in [-0.05, 0) is 61.9 Å². The molecule has 2 nitrogen and oxygen atoms in total. The summed E-state index contributed by atoms with van der Waals surface area (Å²) in [5.74, 6) is 2.65. The van der Waals surface area contributed by atoms with Crippen LogP contribution in [0.25, 0.3) is 0 Å². The smallest absolute Gasteiger partial charge is 0.118 e. The third kappa shape index (κ3) is 3.47. The Balaban J connectivity index is 1.80. The number of hydrogen-bond acceptors (Lipinski definition) is 2. The molecule has 1 N–H and O–H groups in total. The van der Waals surface area contributed by atoms with Crippen LogP contribution in [0.5, 0.6) is 5.75 Å². The highest BCUT2D eigenvalue weighted by molar-refractivity contribution is 5.27. The van der Waals surface area contributed by atoms with Gasteiger partial charge in [-0.1, -0.05) is 19.1 Å². The predicted octanol–water partition coefficient (Wildman–Crippen LogP) is 2.87. The molecule has 2 rings (SSSR count). The molecule has 2 atom stereocenters. The Hall–Kier alpha value is -1.02. The van der Waals surface area contributed by atoms with Crippen molar-refractivity contribution < 1.29 is 4.74 Å². The summed E-state index contributed by atoms with van der Waals surface area (Å²) < 4.78 is 5.17. The fraction of sp³-hybridized carbons (Fsp3) is 0.600. The molecule has 2 heteroatoms. The Bertz CT molecular complexity index is 327. The van der Waals surface area contributed by atoms with Crippen LogP contribution in [-0.4, -0.2) is 20.2 Å². The largest absolute Gasteiger partial charge is 0.497 e. The molecule has 2 unspecified atom stereocenters. The van der Waals surface area contributed by atoms with Crippen molar-refractivity contribution in [2.45, 2.75) is 26.2 Å². The highest BCUT2D eigenvalue weighted by Crippen LogP contribution is 2.23. The molecule has 0 saturated carbocycles. The van der Waals surface area contributed by atoms with Crippen LogP contribution in [0.3, 0.4) is 0 Å². The maximum atomic E-state index is 5.17. The summed E-state index contributed by atoms with van der Waals surface area (Å²) in [5, 5.41) is 3.45. The van der Waals surface area contributed by atoms with Crippen LogP contribution in [0.15, 0.2) is 24.3 Å². The van der Waals surface area contributed by atoms with Gasteiger partial charge in [-0.25, -0.2) is 0 Å². The maximum absolute atomic E-state index is 5.17. The lowest BCUT2D eigenvalue weighted by molar-refractivity contribution is 0.364. The summed E-state index contributed by atoms with van der Waals surface area (Å²) in [6.45, 7) is 4.81. The molecule has 0 spiro atoms. The number of methoxy groups -OCH3 is 1. The van der Waals surface area contributed by atoms with Gasteiger partial charge < -0.3 is 10.1 Å². The summed E-state index contributed by atoms with van der Waals surface area (Å²) in [6.07, 6.45) is 3.82. The molecule has 0 amide bonds. The van der Waals surface area contributed by atoms with Gasteiger partial charge in [-0.3, -0.25) is 0 Å². The van der Waals surface area contributed by atoms with Gasteiger partial charge in [-0.15, -0.1) is 0 Å². The van der Waals surface area contributed by atoms with E-state index in [0.29, 0.717) is 0 Å². The van der Waals surface area contributed by atoms with E-state index in [1.54, 1.807) is 7.11 Å². The van der Waals surface area contributed by atoms with Gasteiger partial charge in [0, 0.05) is 0 Å². The Morgan fingerprint density at radius 1 is 1.35 bits per heavy atom. The lowest BCUT2D eigenvalue weighted by Gasteiger charge is -2.17. The minimum absolute atomic E-state index is 0.826. The second-order valence-corrected chi connectivity index (χ2v) is 5.12. The van der Waals surface area contributed by atoms with E-state index in [0.717, 1.165) is 17.6 Å².